The normalized spacial score (nSPS) is 20.8. The number of carbonyl (C=O) groups is 1. The van der Waals surface area contributed by atoms with Crippen LogP contribution in [0.3, 0.4) is 0 Å². The lowest BCUT2D eigenvalue weighted by Gasteiger charge is -2.31. The summed E-state index contributed by atoms with van der Waals surface area (Å²) < 4.78 is 12.8. The van der Waals surface area contributed by atoms with Crippen LogP contribution in [0, 0.1) is 11.7 Å². The number of hydrogen-bond acceptors (Lipinski definition) is 2. The molecule has 0 spiro atoms. The molecular formula is C14H19FN2O. The number of piperidine rings is 1. The first-order valence-electron chi connectivity index (χ1n) is 6.41. The molecule has 1 atom stereocenters. The molecule has 0 radical (unpaired) electrons. The van der Waals surface area contributed by atoms with Crippen molar-refractivity contribution < 1.29 is 9.18 Å². The summed E-state index contributed by atoms with van der Waals surface area (Å²) in [5.41, 5.74) is 6.47. The van der Waals surface area contributed by atoms with Crippen molar-refractivity contribution in [3.63, 3.8) is 0 Å². The first kappa shape index (κ1) is 13.0. The molecule has 2 N–H and O–H groups in total. The smallest absolute Gasteiger partial charge is 0.221 e. The van der Waals surface area contributed by atoms with E-state index in [1.807, 2.05) is 12.1 Å². The SMILES string of the molecule is NC(=O)C1CCCN(CCc2ccc(F)cc2)C1. The van der Waals surface area contributed by atoms with Crippen LogP contribution in [0.4, 0.5) is 4.39 Å². The van der Waals surface area contributed by atoms with Gasteiger partial charge in [0.1, 0.15) is 5.82 Å². The highest BCUT2D eigenvalue weighted by molar-refractivity contribution is 5.76. The van der Waals surface area contributed by atoms with Crippen LogP contribution in [0.25, 0.3) is 0 Å². The summed E-state index contributed by atoms with van der Waals surface area (Å²) in [6.07, 6.45) is 2.81. The van der Waals surface area contributed by atoms with Crippen LogP contribution in [0.1, 0.15) is 18.4 Å². The van der Waals surface area contributed by atoms with Gasteiger partial charge in [-0.1, -0.05) is 12.1 Å². The van der Waals surface area contributed by atoms with Crippen LogP contribution in [0.15, 0.2) is 24.3 Å². The van der Waals surface area contributed by atoms with E-state index in [-0.39, 0.29) is 17.6 Å². The Morgan fingerprint density at radius 3 is 2.78 bits per heavy atom. The number of halogens is 1. The van der Waals surface area contributed by atoms with Gasteiger partial charge in [0, 0.05) is 13.1 Å². The summed E-state index contributed by atoms with van der Waals surface area (Å²) in [7, 11) is 0. The second-order valence-electron chi connectivity index (χ2n) is 4.92. The van der Waals surface area contributed by atoms with E-state index in [4.69, 9.17) is 5.73 Å². The van der Waals surface area contributed by atoms with Crippen molar-refractivity contribution in [2.24, 2.45) is 11.7 Å². The minimum absolute atomic E-state index is 0.00744. The molecule has 1 heterocycles. The third kappa shape index (κ3) is 3.53. The predicted molar refractivity (Wildman–Crippen MR) is 68.5 cm³/mol. The molecule has 0 bridgehead atoms. The van der Waals surface area contributed by atoms with Crippen LogP contribution in [-0.2, 0) is 11.2 Å². The highest BCUT2D eigenvalue weighted by Crippen LogP contribution is 2.16. The Balaban J connectivity index is 1.82. The second-order valence-corrected chi connectivity index (χ2v) is 4.92. The van der Waals surface area contributed by atoms with Crippen LogP contribution >= 0.6 is 0 Å². The van der Waals surface area contributed by atoms with E-state index in [1.54, 1.807) is 0 Å². The first-order valence-corrected chi connectivity index (χ1v) is 6.41. The fraction of sp³-hybridized carbons (Fsp3) is 0.500. The molecule has 1 aromatic rings. The molecule has 1 aliphatic rings. The molecule has 0 saturated carbocycles. The van der Waals surface area contributed by atoms with E-state index >= 15 is 0 Å². The van der Waals surface area contributed by atoms with Gasteiger partial charge in [-0.25, -0.2) is 4.39 Å². The van der Waals surface area contributed by atoms with Crippen LogP contribution in [0.2, 0.25) is 0 Å². The standard InChI is InChI=1S/C14H19FN2O/c15-13-5-3-11(4-6-13)7-9-17-8-1-2-12(10-17)14(16)18/h3-6,12H,1-2,7-10H2,(H2,16,18). The summed E-state index contributed by atoms with van der Waals surface area (Å²) in [5.74, 6) is -0.404. The Morgan fingerprint density at radius 1 is 1.39 bits per heavy atom. The molecule has 1 aliphatic heterocycles. The van der Waals surface area contributed by atoms with Crippen molar-refractivity contribution in [2.45, 2.75) is 19.3 Å². The molecule has 4 heteroatoms. The van der Waals surface area contributed by atoms with E-state index in [9.17, 15) is 9.18 Å². The molecular weight excluding hydrogens is 231 g/mol. The van der Waals surface area contributed by atoms with Gasteiger partial charge in [-0.3, -0.25) is 4.79 Å². The van der Waals surface area contributed by atoms with Crippen LogP contribution in [-0.4, -0.2) is 30.4 Å². The van der Waals surface area contributed by atoms with Gasteiger partial charge in [-0.15, -0.1) is 0 Å². The number of amides is 1. The number of hydrogen-bond donors (Lipinski definition) is 1. The monoisotopic (exact) mass is 250 g/mol. The van der Waals surface area contributed by atoms with Crippen LogP contribution in [0.5, 0.6) is 0 Å². The van der Waals surface area contributed by atoms with E-state index in [2.05, 4.69) is 4.90 Å². The minimum atomic E-state index is -0.203. The number of nitrogens with two attached hydrogens (primary N) is 1. The highest BCUT2D eigenvalue weighted by Gasteiger charge is 2.23. The largest absolute Gasteiger partial charge is 0.369 e. The summed E-state index contributed by atoms with van der Waals surface area (Å²) in [5, 5.41) is 0. The van der Waals surface area contributed by atoms with Gasteiger partial charge < -0.3 is 10.6 Å². The zero-order valence-electron chi connectivity index (χ0n) is 10.4. The second kappa shape index (κ2) is 5.96. The van der Waals surface area contributed by atoms with Crippen molar-refractivity contribution in [1.82, 2.24) is 4.90 Å². The van der Waals surface area contributed by atoms with Gasteiger partial charge in [0.2, 0.25) is 5.91 Å². The topological polar surface area (TPSA) is 46.3 Å². The molecule has 1 unspecified atom stereocenters. The third-order valence-electron chi connectivity index (χ3n) is 3.54. The number of nitrogens with zero attached hydrogens (tertiary/aromatic N) is 1. The molecule has 1 amide bonds. The third-order valence-corrected chi connectivity index (χ3v) is 3.54. The Labute approximate surface area is 107 Å². The summed E-state index contributed by atoms with van der Waals surface area (Å²) >= 11 is 0. The highest BCUT2D eigenvalue weighted by atomic mass is 19.1. The fourth-order valence-corrected chi connectivity index (χ4v) is 2.43. The zero-order valence-corrected chi connectivity index (χ0v) is 10.4. The van der Waals surface area contributed by atoms with Gasteiger partial charge in [-0.05, 0) is 43.5 Å². The van der Waals surface area contributed by atoms with Crippen molar-refractivity contribution in [2.75, 3.05) is 19.6 Å². The van der Waals surface area contributed by atoms with Crippen molar-refractivity contribution in [3.8, 4) is 0 Å². The Kier molecular flexibility index (Phi) is 4.31. The Bertz CT molecular complexity index is 405. The van der Waals surface area contributed by atoms with Gasteiger partial charge in [0.05, 0.1) is 5.92 Å². The molecule has 1 fully saturated rings. The number of rotatable bonds is 4. The lowest BCUT2D eigenvalue weighted by atomic mass is 9.97. The lowest BCUT2D eigenvalue weighted by Crippen LogP contribution is -2.41. The van der Waals surface area contributed by atoms with E-state index in [1.165, 1.54) is 12.1 Å². The molecule has 3 nitrogen and oxygen atoms in total. The maximum absolute atomic E-state index is 12.8. The average molecular weight is 250 g/mol. The van der Waals surface area contributed by atoms with Crippen molar-refractivity contribution in [1.29, 1.82) is 0 Å². The molecule has 2 rings (SSSR count). The van der Waals surface area contributed by atoms with Gasteiger partial charge >= 0.3 is 0 Å². The molecule has 98 valence electrons. The van der Waals surface area contributed by atoms with Crippen molar-refractivity contribution in [3.05, 3.63) is 35.6 Å². The minimum Gasteiger partial charge on any atom is -0.369 e. The molecule has 1 aromatic carbocycles. The maximum atomic E-state index is 12.8. The maximum Gasteiger partial charge on any atom is 0.221 e. The molecule has 0 aliphatic carbocycles. The van der Waals surface area contributed by atoms with Crippen LogP contribution < -0.4 is 5.73 Å². The molecule has 18 heavy (non-hydrogen) atoms. The fourth-order valence-electron chi connectivity index (χ4n) is 2.43. The van der Waals surface area contributed by atoms with E-state index < -0.39 is 0 Å². The zero-order chi connectivity index (χ0) is 13.0. The molecule has 1 saturated heterocycles. The number of benzene rings is 1. The Hall–Kier alpha value is -1.42. The Morgan fingerprint density at radius 2 is 2.11 bits per heavy atom. The predicted octanol–water partition coefficient (Wildman–Crippen LogP) is 1.57. The van der Waals surface area contributed by atoms with E-state index in [0.29, 0.717) is 0 Å². The lowest BCUT2D eigenvalue weighted by molar-refractivity contribution is -0.123. The number of likely N-dealkylation sites (tertiary alicyclic amines) is 1. The van der Waals surface area contributed by atoms with Gasteiger partial charge in [0.25, 0.3) is 0 Å². The average Bonchev–Trinajstić information content (AvgIpc) is 2.38. The van der Waals surface area contributed by atoms with Crippen molar-refractivity contribution >= 4 is 5.91 Å². The quantitative estimate of drug-likeness (QED) is 0.881. The number of carbonyl (C=O) groups excluding carboxylic acids is 1. The van der Waals surface area contributed by atoms with Gasteiger partial charge in [0.15, 0.2) is 0 Å². The van der Waals surface area contributed by atoms with Gasteiger partial charge in [-0.2, -0.15) is 0 Å². The van der Waals surface area contributed by atoms with E-state index in [0.717, 1.165) is 44.5 Å². The summed E-state index contributed by atoms with van der Waals surface area (Å²) in [4.78, 5) is 13.4. The summed E-state index contributed by atoms with van der Waals surface area (Å²) in [6.45, 7) is 2.68. The molecule has 0 aromatic heterocycles. The summed E-state index contributed by atoms with van der Waals surface area (Å²) in [6, 6.07) is 6.59. The number of primary amides is 1. The first-order chi connectivity index (χ1) is 8.65.